The van der Waals surface area contributed by atoms with Crippen molar-refractivity contribution < 1.29 is 19.1 Å². The highest BCUT2D eigenvalue weighted by molar-refractivity contribution is 5.67. The molecule has 1 unspecified atom stereocenters. The zero-order valence-corrected chi connectivity index (χ0v) is 12.2. The van der Waals surface area contributed by atoms with Gasteiger partial charge in [0.05, 0.1) is 0 Å². The maximum absolute atomic E-state index is 10.3. The van der Waals surface area contributed by atoms with Crippen LogP contribution in [0.15, 0.2) is 0 Å². The average Bonchev–Trinajstić information content (AvgIpc) is 2.29. The van der Waals surface area contributed by atoms with Gasteiger partial charge in [-0.3, -0.25) is 9.59 Å². The van der Waals surface area contributed by atoms with Gasteiger partial charge in [0.15, 0.2) is 0 Å². The lowest BCUT2D eigenvalue weighted by Gasteiger charge is -2.13. The maximum atomic E-state index is 10.3. The zero-order valence-electron chi connectivity index (χ0n) is 12.2. The van der Waals surface area contributed by atoms with E-state index in [1.165, 1.54) is 33.5 Å². The number of carbonyl (C=O) groups is 2. The molecule has 0 aromatic carbocycles. The molecule has 0 amide bonds. The molecule has 0 aromatic rings. The molecule has 1 atom stereocenters. The smallest absolute Gasteiger partial charge is 0.303 e. The van der Waals surface area contributed by atoms with E-state index in [2.05, 4.69) is 42.1 Å². The molecule has 0 fully saturated rings. The molecule has 0 saturated carbocycles. The van der Waals surface area contributed by atoms with Crippen LogP contribution in [-0.2, 0) is 19.1 Å². The van der Waals surface area contributed by atoms with Crippen molar-refractivity contribution in [2.24, 2.45) is 0 Å². The summed E-state index contributed by atoms with van der Waals surface area (Å²) in [5, 5.41) is 0. The van der Waals surface area contributed by atoms with E-state index < -0.39 is 18.0 Å². The second-order valence-corrected chi connectivity index (χ2v) is 3.65. The summed E-state index contributed by atoms with van der Waals surface area (Å²) < 4.78 is 9.10. The van der Waals surface area contributed by atoms with Crippen LogP contribution in [0.4, 0.5) is 0 Å². The van der Waals surface area contributed by atoms with E-state index in [4.69, 9.17) is 0 Å². The molecule has 0 heterocycles. The third kappa shape index (κ3) is 14.9. The summed E-state index contributed by atoms with van der Waals surface area (Å²) in [4.78, 5) is 22.9. The van der Waals surface area contributed by atoms with E-state index in [-0.39, 0.29) is 6.61 Å². The van der Waals surface area contributed by atoms with Crippen molar-refractivity contribution in [2.75, 3.05) is 26.2 Å². The molecule has 5 nitrogen and oxygen atoms in total. The van der Waals surface area contributed by atoms with Crippen molar-refractivity contribution in [3.8, 4) is 0 Å². The topological polar surface area (TPSA) is 55.8 Å². The van der Waals surface area contributed by atoms with Gasteiger partial charge in [-0.25, -0.2) is 0 Å². The Morgan fingerprint density at radius 3 is 1.72 bits per heavy atom. The highest BCUT2D eigenvalue weighted by atomic mass is 16.6. The highest BCUT2D eigenvalue weighted by Gasteiger charge is 2.06. The lowest BCUT2D eigenvalue weighted by atomic mass is 10.4. The third-order valence-electron chi connectivity index (χ3n) is 2.15. The Morgan fingerprint density at radius 1 is 1.06 bits per heavy atom. The largest absolute Gasteiger partial charge is 0.462 e. The Balaban J connectivity index is 0. The van der Waals surface area contributed by atoms with Crippen LogP contribution in [0.1, 0.15) is 34.6 Å². The van der Waals surface area contributed by atoms with Crippen LogP contribution >= 0.6 is 0 Å². The van der Waals surface area contributed by atoms with Gasteiger partial charge in [-0.05, 0) is 26.6 Å². The Morgan fingerprint density at radius 2 is 1.50 bits per heavy atom. The van der Waals surface area contributed by atoms with E-state index >= 15 is 0 Å². The Hall–Kier alpha value is -1.10. The van der Waals surface area contributed by atoms with E-state index in [0.29, 0.717) is 0 Å². The minimum absolute atomic E-state index is 0.00884. The van der Waals surface area contributed by atoms with Gasteiger partial charge in [-0.15, -0.1) is 0 Å². The minimum Gasteiger partial charge on any atom is -0.462 e. The zero-order chi connectivity index (χ0) is 14.6. The molecule has 1 radical (unpaired) electrons. The van der Waals surface area contributed by atoms with Crippen LogP contribution in [0.2, 0.25) is 0 Å². The highest BCUT2D eigenvalue weighted by Crippen LogP contribution is 1.91. The lowest BCUT2D eigenvalue weighted by molar-refractivity contribution is -0.153. The summed E-state index contributed by atoms with van der Waals surface area (Å²) in [6.07, 6.45) is -0.614. The number of carbonyl (C=O) groups excluding carboxylic acids is 2. The molecule has 0 aromatic heterocycles. The number of ether oxygens (including phenoxy) is 2. The number of rotatable bonds is 6. The van der Waals surface area contributed by atoms with Gasteiger partial charge in [0.1, 0.15) is 12.7 Å². The van der Waals surface area contributed by atoms with Gasteiger partial charge in [-0.1, -0.05) is 20.8 Å². The molecule has 0 bridgehead atoms. The number of hydrogen-bond acceptors (Lipinski definition) is 5. The van der Waals surface area contributed by atoms with Crippen molar-refractivity contribution in [1.29, 1.82) is 0 Å². The predicted molar refractivity (Wildman–Crippen MR) is 71.0 cm³/mol. The van der Waals surface area contributed by atoms with Crippen molar-refractivity contribution in [1.82, 2.24) is 4.90 Å². The van der Waals surface area contributed by atoms with Crippen molar-refractivity contribution in [3.05, 3.63) is 6.92 Å². The third-order valence-corrected chi connectivity index (χ3v) is 2.15. The first-order valence-corrected chi connectivity index (χ1v) is 6.23. The lowest BCUT2D eigenvalue weighted by Crippen LogP contribution is -2.21. The van der Waals surface area contributed by atoms with E-state index in [9.17, 15) is 9.59 Å². The molecular formula is C13H26NO4. The van der Waals surface area contributed by atoms with E-state index in [0.717, 1.165) is 0 Å². The van der Waals surface area contributed by atoms with Crippen LogP contribution < -0.4 is 0 Å². The van der Waals surface area contributed by atoms with Crippen molar-refractivity contribution in [3.63, 3.8) is 0 Å². The summed E-state index contributed by atoms with van der Waals surface area (Å²) in [6.45, 7) is 16.1. The van der Waals surface area contributed by atoms with Crippen molar-refractivity contribution >= 4 is 11.9 Å². The Labute approximate surface area is 110 Å². The molecule has 107 valence electrons. The molecule has 18 heavy (non-hydrogen) atoms. The van der Waals surface area contributed by atoms with E-state index in [1.54, 1.807) is 0 Å². The average molecular weight is 260 g/mol. The first-order valence-electron chi connectivity index (χ1n) is 6.23. The fourth-order valence-electron chi connectivity index (χ4n) is 1.15. The molecule has 0 aliphatic carbocycles. The Kier molecular flexibility index (Phi) is 13.2. The summed E-state index contributed by atoms with van der Waals surface area (Å²) in [5.41, 5.74) is 0. The quantitative estimate of drug-likeness (QED) is 0.680. The summed E-state index contributed by atoms with van der Waals surface area (Å²) in [6, 6.07) is 0. The fourth-order valence-corrected chi connectivity index (χ4v) is 1.15. The number of esters is 2. The minimum atomic E-state index is -0.614. The van der Waals surface area contributed by atoms with Gasteiger partial charge in [-0.2, -0.15) is 0 Å². The van der Waals surface area contributed by atoms with Gasteiger partial charge < -0.3 is 14.4 Å². The van der Waals surface area contributed by atoms with Crippen LogP contribution in [0.5, 0.6) is 0 Å². The van der Waals surface area contributed by atoms with Gasteiger partial charge in [0, 0.05) is 13.8 Å². The predicted octanol–water partition coefficient (Wildman–Crippen LogP) is 1.66. The van der Waals surface area contributed by atoms with E-state index in [1.807, 2.05) is 0 Å². The van der Waals surface area contributed by atoms with Gasteiger partial charge in [0.25, 0.3) is 0 Å². The molecule has 0 aliphatic heterocycles. The van der Waals surface area contributed by atoms with Gasteiger partial charge >= 0.3 is 11.9 Å². The number of nitrogens with zero attached hydrogens (tertiary/aromatic N) is 1. The Bertz CT molecular complexity index is 222. The molecular weight excluding hydrogens is 234 g/mol. The van der Waals surface area contributed by atoms with Gasteiger partial charge in [0.2, 0.25) is 0 Å². The molecule has 0 rings (SSSR count). The standard InChI is InChI=1S/C7H11O4.C6H15N/c1-5(11-7(3)9)4-10-6(2)8;1-4-7(5-2)6-3/h5H,1,4H2,2-3H3;4-6H2,1-3H3. The van der Waals surface area contributed by atoms with Crippen molar-refractivity contribution in [2.45, 2.75) is 40.7 Å². The molecule has 0 saturated heterocycles. The summed E-state index contributed by atoms with van der Waals surface area (Å²) in [5.74, 6) is -0.844. The number of hydrogen-bond donors (Lipinski definition) is 0. The van der Waals surface area contributed by atoms with Crippen LogP contribution in [0.25, 0.3) is 0 Å². The van der Waals surface area contributed by atoms with Crippen LogP contribution in [0, 0.1) is 6.92 Å². The molecule has 0 spiro atoms. The molecule has 5 heteroatoms. The first-order chi connectivity index (χ1) is 8.37. The fraction of sp³-hybridized carbons (Fsp3) is 0.769. The second-order valence-electron chi connectivity index (χ2n) is 3.65. The molecule has 0 N–H and O–H groups in total. The van der Waals surface area contributed by atoms with Crippen LogP contribution in [0.3, 0.4) is 0 Å². The summed E-state index contributed by atoms with van der Waals surface area (Å²) in [7, 11) is 0. The summed E-state index contributed by atoms with van der Waals surface area (Å²) >= 11 is 0. The SMILES string of the molecule is CCN(CC)CC.[CH2]C(COC(C)=O)OC(C)=O. The van der Waals surface area contributed by atoms with Crippen LogP contribution in [-0.4, -0.2) is 49.2 Å². The monoisotopic (exact) mass is 260 g/mol. The first kappa shape index (κ1) is 19.2. The second kappa shape index (κ2) is 12.4. The normalized spacial score (nSPS) is 11.3. The molecule has 0 aliphatic rings. The maximum Gasteiger partial charge on any atom is 0.303 e.